The molecule has 2 rings (SSSR count). The molecule has 0 spiro atoms. The minimum atomic E-state index is -4.33. The monoisotopic (exact) mass is 309 g/mol. The molecule has 1 aromatic heterocycles. The third kappa shape index (κ3) is 2.89. The van der Waals surface area contributed by atoms with Crippen molar-refractivity contribution in [3.63, 3.8) is 0 Å². The Morgan fingerprint density at radius 3 is 2.25 bits per heavy atom. The van der Waals surface area contributed by atoms with Crippen LogP contribution in [0.15, 0.2) is 0 Å². The van der Waals surface area contributed by atoms with Crippen LogP contribution in [0.3, 0.4) is 0 Å². The molecule has 112 valence electrons. The van der Waals surface area contributed by atoms with Gasteiger partial charge in [0, 0.05) is 13.1 Å². The van der Waals surface area contributed by atoms with Crippen molar-refractivity contribution in [3.8, 4) is 0 Å². The average molecular weight is 310 g/mol. The molecule has 0 radical (unpaired) electrons. The molecule has 0 saturated heterocycles. The molecule has 0 amide bonds. The zero-order chi connectivity index (χ0) is 15.0. The summed E-state index contributed by atoms with van der Waals surface area (Å²) in [5.74, 6) is 0.136. The van der Waals surface area contributed by atoms with Crippen molar-refractivity contribution in [2.75, 3.05) is 23.3 Å². The topological polar surface area (TPSA) is 53.9 Å². The zero-order valence-electron chi connectivity index (χ0n) is 11.1. The predicted octanol–water partition coefficient (Wildman–Crippen LogP) is 2.88. The van der Waals surface area contributed by atoms with Gasteiger partial charge in [0.25, 0.3) is 0 Å². The van der Waals surface area contributed by atoms with Crippen LogP contribution >= 0.6 is 11.6 Å². The number of rotatable bonds is 5. The van der Waals surface area contributed by atoms with E-state index in [1.54, 1.807) is 4.90 Å². The van der Waals surface area contributed by atoms with Crippen molar-refractivity contribution in [2.24, 2.45) is 0 Å². The maximum atomic E-state index is 12.9. The van der Waals surface area contributed by atoms with Crippen LogP contribution in [0.4, 0.5) is 25.1 Å². The first-order valence-electron chi connectivity index (χ1n) is 6.32. The van der Waals surface area contributed by atoms with Gasteiger partial charge in [0.1, 0.15) is 5.54 Å². The second kappa shape index (κ2) is 5.23. The lowest BCUT2D eigenvalue weighted by Gasteiger charge is -2.22. The van der Waals surface area contributed by atoms with Crippen molar-refractivity contribution in [2.45, 2.75) is 38.4 Å². The van der Waals surface area contributed by atoms with E-state index in [1.165, 1.54) is 0 Å². The van der Waals surface area contributed by atoms with Crippen LogP contribution in [0.5, 0.6) is 0 Å². The van der Waals surface area contributed by atoms with Crippen molar-refractivity contribution in [3.05, 3.63) is 5.28 Å². The highest BCUT2D eigenvalue weighted by molar-refractivity contribution is 6.28. The summed E-state index contributed by atoms with van der Waals surface area (Å²) in [6, 6.07) is 0. The summed E-state index contributed by atoms with van der Waals surface area (Å²) in [6.45, 7) is 5.04. The van der Waals surface area contributed by atoms with Crippen molar-refractivity contribution >= 4 is 23.5 Å². The van der Waals surface area contributed by atoms with Gasteiger partial charge in [-0.15, -0.1) is 0 Å². The molecule has 1 saturated carbocycles. The molecule has 0 unspecified atom stereocenters. The largest absolute Gasteiger partial charge is 0.411 e. The average Bonchev–Trinajstić information content (AvgIpc) is 3.10. The minimum Gasteiger partial charge on any atom is -0.341 e. The van der Waals surface area contributed by atoms with Gasteiger partial charge in [-0.3, -0.25) is 0 Å². The molecule has 0 bridgehead atoms. The summed E-state index contributed by atoms with van der Waals surface area (Å²) in [6.07, 6.45) is -4.30. The molecule has 1 fully saturated rings. The fraction of sp³-hybridized carbons (Fsp3) is 0.727. The van der Waals surface area contributed by atoms with E-state index in [4.69, 9.17) is 11.6 Å². The second-order valence-corrected chi connectivity index (χ2v) is 4.94. The van der Waals surface area contributed by atoms with E-state index in [-0.39, 0.29) is 30.0 Å². The van der Waals surface area contributed by atoms with Crippen molar-refractivity contribution in [1.82, 2.24) is 15.0 Å². The molecule has 1 aliphatic rings. The maximum absolute atomic E-state index is 12.9. The van der Waals surface area contributed by atoms with Crippen LogP contribution in [-0.4, -0.2) is 39.8 Å². The van der Waals surface area contributed by atoms with E-state index >= 15 is 0 Å². The summed E-state index contributed by atoms with van der Waals surface area (Å²) < 4.78 is 38.7. The van der Waals surface area contributed by atoms with E-state index < -0.39 is 11.7 Å². The normalized spacial score (nSPS) is 16.9. The molecule has 9 heteroatoms. The lowest BCUT2D eigenvalue weighted by Crippen LogP contribution is -2.39. The lowest BCUT2D eigenvalue weighted by atomic mass is 10.3. The van der Waals surface area contributed by atoms with E-state index in [9.17, 15) is 13.2 Å². The Morgan fingerprint density at radius 2 is 1.80 bits per heavy atom. The third-order valence-electron chi connectivity index (χ3n) is 3.29. The van der Waals surface area contributed by atoms with Gasteiger partial charge in [0.05, 0.1) is 0 Å². The first-order valence-corrected chi connectivity index (χ1v) is 6.70. The van der Waals surface area contributed by atoms with Crippen LogP contribution in [-0.2, 0) is 0 Å². The molecule has 20 heavy (non-hydrogen) atoms. The summed E-state index contributed by atoms with van der Waals surface area (Å²) in [7, 11) is 0. The van der Waals surface area contributed by atoms with Gasteiger partial charge in [-0.05, 0) is 38.3 Å². The van der Waals surface area contributed by atoms with Gasteiger partial charge in [-0.2, -0.15) is 28.1 Å². The molecule has 0 aliphatic heterocycles. The summed E-state index contributed by atoms with van der Waals surface area (Å²) in [5.41, 5.74) is -1.92. The Balaban J connectivity index is 2.25. The molecule has 0 atom stereocenters. The Labute approximate surface area is 119 Å². The standard InChI is InChI=1S/C11H15ClF3N5/c1-3-20(4-2)9-17-7(12)16-8(18-9)19-10(5-6-10)11(13,14)15/h3-6H2,1-2H3,(H,16,17,18,19). The number of anilines is 2. The Bertz CT molecular complexity index is 485. The Hall–Kier alpha value is -1.31. The highest BCUT2D eigenvalue weighted by Crippen LogP contribution is 2.50. The minimum absolute atomic E-state index is 0.0143. The van der Waals surface area contributed by atoms with Crippen LogP contribution in [0.25, 0.3) is 0 Å². The second-order valence-electron chi connectivity index (χ2n) is 4.61. The third-order valence-corrected chi connectivity index (χ3v) is 3.46. The number of alkyl halides is 3. The number of hydrogen-bond acceptors (Lipinski definition) is 5. The number of aromatic nitrogens is 3. The fourth-order valence-corrected chi connectivity index (χ4v) is 2.02. The number of nitrogens with zero attached hydrogens (tertiary/aromatic N) is 4. The highest BCUT2D eigenvalue weighted by Gasteiger charge is 2.64. The molecule has 1 heterocycles. The fourth-order valence-electron chi connectivity index (χ4n) is 1.86. The lowest BCUT2D eigenvalue weighted by molar-refractivity contribution is -0.151. The van der Waals surface area contributed by atoms with Gasteiger partial charge in [-0.1, -0.05) is 0 Å². The molecule has 1 aliphatic carbocycles. The first kappa shape index (κ1) is 15.1. The van der Waals surface area contributed by atoms with Gasteiger partial charge in [-0.25, -0.2) is 0 Å². The van der Waals surface area contributed by atoms with Crippen LogP contribution < -0.4 is 10.2 Å². The van der Waals surface area contributed by atoms with Crippen molar-refractivity contribution in [1.29, 1.82) is 0 Å². The SMILES string of the molecule is CCN(CC)c1nc(Cl)nc(NC2(C(F)(F)F)CC2)n1. The molecule has 1 N–H and O–H groups in total. The number of hydrogen-bond donors (Lipinski definition) is 1. The highest BCUT2D eigenvalue weighted by atomic mass is 35.5. The summed E-state index contributed by atoms with van der Waals surface area (Å²) in [4.78, 5) is 13.5. The Kier molecular flexibility index (Phi) is 3.95. The van der Waals surface area contributed by atoms with Crippen LogP contribution in [0, 0.1) is 0 Å². The maximum Gasteiger partial charge on any atom is 0.411 e. The van der Waals surface area contributed by atoms with Crippen molar-refractivity contribution < 1.29 is 13.2 Å². The van der Waals surface area contributed by atoms with Gasteiger partial charge < -0.3 is 10.2 Å². The van der Waals surface area contributed by atoms with Gasteiger partial charge in [0.2, 0.25) is 17.2 Å². The number of nitrogens with one attached hydrogen (secondary N) is 1. The van der Waals surface area contributed by atoms with E-state index in [0.717, 1.165) is 0 Å². The van der Waals surface area contributed by atoms with Gasteiger partial charge in [0.15, 0.2) is 0 Å². The number of halogens is 4. The van der Waals surface area contributed by atoms with E-state index in [0.29, 0.717) is 13.1 Å². The quantitative estimate of drug-likeness (QED) is 0.906. The predicted molar refractivity (Wildman–Crippen MR) is 70.0 cm³/mol. The molecule has 0 aromatic carbocycles. The summed E-state index contributed by atoms with van der Waals surface area (Å²) in [5, 5.41) is 2.23. The molecular weight excluding hydrogens is 295 g/mol. The Morgan fingerprint density at radius 1 is 1.20 bits per heavy atom. The first-order chi connectivity index (χ1) is 9.31. The summed E-state index contributed by atoms with van der Waals surface area (Å²) >= 11 is 5.76. The van der Waals surface area contributed by atoms with Gasteiger partial charge >= 0.3 is 6.18 Å². The van der Waals surface area contributed by atoms with E-state index in [2.05, 4.69) is 20.3 Å². The molecule has 1 aromatic rings. The van der Waals surface area contributed by atoms with E-state index in [1.807, 2.05) is 13.8 Å². The van der Waals surface area contributed by atoms with Crippen LogP contribution in [0.2, 0.25) is 5.28 Å². The zero-order valence-corrected chi connectivity index (χ0v) is 11.9. The van der Waals surface area contributed by atoms with Crippen LogP contribution in [0.1, 0.15) is 26.7 Å². The molecular formula is C11H15ClF3N5. The molecule has 5 nitrogen and oxygen atoms in total. The smallest absolute Gasteiger partial charge is 0.341 e.